The van der Waals surface area contributed by atoms with Crippen molar-refractivity contribution < 1.29 is 4.74 Å². The van der Waals surface area contributed by atoms with Gasteiger partial charge in [-0.05, 0) is 19.8 Å². The Morgan fingerprint density at radius 3 is 2.75 bits per heavy atom. The molecule has 84 valence electrons. The second-order valence-corrected chi connectivity index (χ2v) is 4.16. The van der Waals surface area contributed by atoms with Crippen molar-refractivity contribution in [3.05, 3.63) is 18.1 Å². The van der Waals surface area contributed by atoms with E-state index in [1.165, 1.54) is 6.20 Å². The van der Waals surface area contributed by atoms with Crippen molar-refractivity contribution in [2.45, 2.75) is 25.3 Å². The summed E-state index contributed by atoms with van der Waals surface area (Å²) < 4.78 is 5.32. The Labute approximate surface area is 94.5 Å². The molecule has 0 radical (unpaired) electrons. The van der Waals surface area contributed by atoms with Gasteiger partial charge in [-0.3, -0.25) is 0 Å². The second-order valence-electron chi connectivity index (χ2n) is 4.16. The van der Waals surface area contributed by atoms with Crippen LogP contribution in [0.1, 0.15) is 25.5 Å². The number of ether oxygens (including phenoxy) is 1. The molecule has 1 fully saturated rings. The predicted molar refractivity (Wildman–Crippen MR) is 58.8 cm³/mol. The molecule has 1 N–H and O–H groups in total. The van der Waals surface area contributed by atoms with E-state index in [0.29, 0.717) is 11.5 Å². The number of hydrogen-bond acceptors (Lipinski definition) is 5. The number of nitrogens with one attached hydrogen (secondary N) is 1. The van der Waals surface area contributed by atoms with Crippen LogP contribution in [0.2, 0.25) is 0 Å². The Hall–Kier alpha value is -1.67. The van der Waals surface area contributed by atoms with Gasteiger partial charge < -0.3 is 10.1 Å². The maximum Gasteiger partial charge on any atom is 0.182 e. The number of hydrogen-bond donors (Lipinski definition) is 1. The Kier molecular flexibility index (Phi) is 3.02. The van der Waals surface area contributed by atoms with Gasteiger partial charge in [-0.15, -0.1) is 0 Å². The van der Waals surface area contributed by atoms with E-state index in [1.54, 1.807) is 6.20 Å². The molecule has 2 heterocycles. The number of anilines is 1. The first-order valence-corrected chi connectivity index (χ1v) is 5.31. The molecule has 0 amide bonds. The molecular weight excluding hydrogens is 204 g/mol. The van der Waals surface area contributed by atoms with Gasteiger partial charge in [0.2, 0.25) is 0 Å². The summed E-state index contributed by atoms with van der Waals surface area (Å²) in [6, 6.07) is 2.04. The molecule has 16 heavy (non-hydrogen) atoms. The van der Waals surface area contributed by atoms with Gasteiger partial charge in [-0.1, -0.05) is 0 Å². The quantitative estimate of drug-likeness (QED) is 0.810. The van der Waals surface area contributed by atoms with Gasteiger partial charge in [0.1, 0.15) is 6.07 Å². The summed E-state index contributed by atoms with van der Waals surface area (Å²) in [5.41, 5.74) is 0.287. The molecule has 1 aromatic heterocycles. The molecule has 2 rings (SSSR count). The first-order valence-electron chi connectivity index (χ1n) is 5.31. The minimum Gasteiger partial charge on any atom is -0.381 e. The fourth-order valence-corrected chi connectivity index (χ4v) is 1.74. The summed E-state index contributed by atoms with van der Waals surface area (Å²) in [6.45, 7) is 3.60. The molecule has 0 atom stereocenters. The summed E-state index contributed by atoms with van der Waals surface area (Å²) in [6.07, 6.45) is 4.94. The molecule has 5 heteroatoms. The lowest BCUT2D eigenvalue weighted by Crippen LogP contribution is -2.41. The van der Waals surface area contributed by atoms with Gasteiger partial charge in [-0.2, -0.15) is 5.26 Å². The maximum atomic E-state index is 8.91. The summed E-state index contributed by atoms with van der Waals surface area (Å²) in [4.78, 5) is 8.13. The first kappa shape index (κ1) is 10.8. The third kappa shape index (κ3) is 2.28. The second kappa shape index (κ2) is 4.45. The van der Waals surface area contributed by atoms with E-state index in [0.717, 1.165) is 26.1 Å². The first-order chi connectivity index (χ1) is 7.73. The van der Waals surface area contributed by atoms with Crippen molar-refractivity contribution in [2.75, 3.05) is 18.5 Å². The lowest BCUT2D eigenvalue weighted by molar-refractivity contribution is 0.0657. The van der Waals surface area contributed by atoms with Crippen LogP contribution < -0.4 is 5.32 Å². The van der Waals surface area contributed by atoms with Gasteiger partial charge >= 0.3 is 0 Å². The van der Waals surface area contributed by atoms with Crippen LogP contribution in [0.5, 0.6) is 0 Å². The van der Waals surface area contributed by atoms with Crippen LogP contribution >= 0.6 is 0 Å². The lowest BCUT2D eigenvalue weighted by Gasteiger charge is -2.34. The van der Waals surface area contributed by atoms with Crippen molar-refractivity contribution >= 4 is 5.82 Å². The Balaban J connectivity index is 2.16. The average molecular weight is 218 g/mol. The van der Waals surface area contributed by atoms with Crippen molar-refractivity contribution in [3.8, 4) is 6.07 Å². The van der Waals surface area contributed by atoms with Crippen LogP contribution in [-0.2, 0) is 4.74 Å². The molecule has 0 saturated carbocycles. The molecular formula is C11H14N4O. The van der Waals surface area contributed by atoms with Gasteiger partial charge in [0.05, 0.1) is 0 Å². The minimum absolute atomic E-state index is 0.0557. The molecule has 0 spiro atoms. The molecule has 5 nitrogen and oxygen atoms in total. The van der Waals surface area contributed by atoms with Crippen molar-refractivity contribution in [2.24, 2.45) is 0 Å². The summed E-state index contributed by atoms with van der Waals surface area (Å²) >= 11 is 0. The van der Waals surface area contributed by atoms with Crippen LogP contribution in [0.4, 0.5) is 5.82 Å². The zero-order valence-electron chi connectivity index (χ0n) is 9.23. The fraction of sp³-hybridized carbons (Fsp3) is 0.545. The van der Waals surface area contributed by atoms with Gasteiger partial charge in [-0.25, -0.2) is 9.97 Å². The highest BCUT2D eigenvalue weighted by molar-refractivity contribution is 5.48. The smallest absolute Gasteiger partial charge is 0.182 e. The minimum atomic E-state index is -0.0557. The van der Waals surface area contributed by atoms with Gasteiger partial charge in [0.15, 0.2) is 11.5 Å². The normalized spacial score (nSPS) is 18.8. The standard InChI is InChI=1S/C11H14N4O/c1-11(2-6-16-7-3-11)15-10-9(8-12)13-4-5-14-10/h4-5H,2-3,6-7H2,1H3,(H,14,15). The Morgan fingerprint density at radius 1 is 1.38 bits per heavy atom. The Bertz CT molecular complexity index is 407. The lowest BCUT2D eigenvalue weighted by atomic mass is 9.92. The summed E-state index contributed by atoms with van der Waals surface area (Å²) in [5.74, 6) is 0.564. The zero-order chi connectivity index (χ0) is 11.4. The number of aromatic nitrogens is 2. The van der Waals surface area contributed by atoms with E-state index < -0.39 is 0 Å². The third-order valence-electron chi connectivity index (χ3n) is 2.82. The SMILES string of the molecule is CC1(Nc2nccnc2C#N)CCOCC1. The van der Waals surface area contributed by atoms with E-state index in [1.807, 2.05) is 6.07 Å². The number of nitrogens with zero attached hydrogens (tertiary/aromatic N) is 3. The Morgan fingerprint density at radius 2 is 2.06 bits per heavy atom. The predicted octanol–water partition coefficient (Wildman–Crippen LogP) is 1.33. The van der Waals surface area contributed by atoms with E-state index >= 15 is 0 Å². The van der Waals surface area contributed by atoms with Crippen molar-refractivity contribution in [3.63, 3.8) is 0 Å². The number of rotatable bonds is 2. The highest BCUT2D eigenvalue weighted by Crippen LogP contribution is 2.25. The highest BCUT2D eigenvalue weighted by atomic mass is 16.5. The zero-order valence-corrected chi connectivity index (χ0v) is 9.23. The van der Waals surface area contributed by atoms with Crippen LogP contribution in [0, 0.1) is 11.3 Å². The van der Waals surface area contributed by atoms with E-state index in [9.17, 15) is 0 Å². The average Bonchev–Trinajstić information content (AvgIpc) is 2.30. The van der Waals surface area contributed by atoms with Crippen LogP contribution in [0.15, 0.2) is 12.4 Å². The van der Waals surface area contributed by atoms with E-state index in [-0.39, 0.29) is 5.54 Å². The van der Waals surface area contributed by atoms with Crippen molar-refractivity contribution in [1.82, 2.24) is 9.97 Å². The summed E-state index contributed by atoms with van der Waals surface area (Å²) in [7, 11) is 0. The van der Waals surface area contributed by atoms with E-state index in [4.69, 9.17) is 10.00 Å². The maximum absolute atomic E-state index is 8.91. The highest BCUT2D eigenvalue weighted by Gasteiger charge is 2.28. The van der Waals surface area contributed by atoms with Crippen LogP contribution in [-0.4, -0.2) is 28.7 Å². The van der Waals surface area contributed by atoms with Crippen LogP contribution in [0.25, 0.3) is 0 Å². The van der Waals surface area contributed by atoms with E-state index in [2.05, 4.69) is 22.2 Å². The fourth-order valence-electron chi connectivity index (χ4n) is 1.74. The van der Waals surface area contributed by atoms with Gasteiger partial charge in [0.25, 0.3) is 0 Å². The number of nitriles is 1. The molecule has 0 unspecified atom stereocenters. The molecule has 1 saturated heterocycles. The molecule has 0 bridgehead atoms. The monoisotopic (exact) mass is 218 g/mol. The molecule has 0 aromatic carbocycles. The third-order valence-corrected chi connectivity index (χ3v) is 2.82. The van der Waals surface area contributed by atoms with Gasteiger partial charge in [0, 0.05) is 31.1 Å². The molecule has 1 aromatic rings. The summed E-state index contributed by atoms with van der Waals surface area (Å²) in [5, 5.41) is 12.2. The van der Waals surface area contributed by atoms with Crippen LogP contribution in [0.3, 0.4) is 0 Å². The molecule has 1 aliphatic heterocycles. The van der Waals surface area contributed by atoms with Crippen molar-refractivity contribution in [1.29, 1.82) is 5.26 Å². The molecule has 1 aliphatic rings. The largest absolute Gasteiger partial charge is 0.381 e. The molecule has 0 aliphatic carbocycles. The topological polar surface area (TPSA) is 70.8 Å².